The number of rotatable bonds is 2. The van der Waals surface area contributed by atoms with Gasteiger partial charge in [-0.1, -0.05) is 24.3 Å². The van der Waals surface area contributed by atoms with Crippen LogP contribution in [0.3, 0.4) is 0 Å². The monoisotopic (exact) mass is 206 g/mol. The molecule has 0 aromatic heterocycles. The molecule has 0 fully saturated rings. The molecule has 0 unspecified atom stereocenters. The van der Waals surface area contributed by atoms with Crippen molar-refractivity contribution in [2.24, 2.45) is 0 Å². The lowest BCUT2D eigenvalue weighted by Gasteiger charge is -2.09. The van der Waals surface area contributed by atoms with Crippen LogP contribution in [-0.4, -0.2) is 17.7 Å². The molecule has 0 aromatic carbocycles. The van der Waals surface area contributed by atoms with Gasteiger partial charge < -0.3 is 0 Å². The first-order chi connectivity index (χ1) is 4.86. The Bertz CT molecular complexity index is 126. The van der Waals surface area contributed by atoms with E-state index in [1.165, 1.54) is 11.1 Å². The van der Waals surface area contributed by atoms with Crippen LogP contribution in [0.5, 0.6) is 0 Å². The maximum atomic E-state index is 5.74. The van der Waals surface area contributed by atoms with Crippen molar-refractivity contribution in [3.05, 3.63) is 35.4 Å². The summed E-state index contributed by atoms with van der Waals surface area (Å²) in [5, 5.41) is 0. The molecule has 0 saturated heterocycles. The smallest absolute Gasteiger partial charge is 0.139 e. The predicted octanol–water partition coefficient (Wildman–Crippen LogP) is 0.822. The van der Waals surface area contributed by atoms with Crippen molar-refractivity contribution in [3.63, 3.8) is 0 Å². The average Bonchev–Trinajstić information content (AvgIpc) is 2.05. The second-order valence-corrected chi connectivity index (χ2v) is 5.85. The lowest BCUT2D eigenvalue weighted by molar-refractivity contribution is 1.48. The third-order valence-electron chi connectivity index (χ3n) is 1.33. The fourth-order valence-electron chi connectivity index (χ4n) is 0.717. The zero-order chi connectivity index (χ0) is 7.40. The molecule has 0 aromatic rings. The summed E-state index contributed by atoms with van der Waals surface area (Å²) in [6, 6.07) is 0. The molecule has 0 N–H and O–H groups in total. The minimum Gasteiger partial charge on any atom is -0.175 e. The second-order valence-electron chi connectivity index (χ2n) is 2.08. The molecule has 0 bridgehead atoms. The topological polar surface area (TPSA) is 0 Å². The first kappa shape index (κ1) is 8.59. The Morgan fingerprint density at radius 3 is 1.30 bits per heavy atom. The molecule has 0 heterocycles. The van der Waals surface area contributed by atoms with Crippen molar-refractivity contribution in [2.75, 3.05) is 0 Å². The van der Waals surface area contributed by atoms with Crippen LogP contribution in [0.15, 0.2) is 24.3 Å². The van der Waals surface area contributed by atoms with E-state index in [0.29, 0.717) is 0 Å². The molecule has 0 spiro atoms. The van der Waals surface area contributed by atoms with Gasteiger partial charge in [0, 0.05) is 11.1 Å². The molecule has 10 heavy (non-hydrogen) atoms. The maximum absolute atomic E-state index is 5.74. The van der Waals surface area contributed by atoms with Gasteiger partial charge in [0.05, 0.1) is 0 Å². The van der Waals surface area contributed by atoms with Gasteiger partial charge in [-0.3, -0.25) is 0 Å². The standard InChI is InChI=1S/C6H8Cl2Si2/c7-9-5-1-2-6(10-8)4-3-5/h1-4H,9-10H2. The molecule has 0 aliphatic heterocycles. The summed E-state index contributed by atoms with van der Waals surface area (Å²) in [7, 11) is -0.976. The first-order valence-electron chi connectivity index (χ1n) is 3.06. The van der Waals surface area contributed by atoms with Gasteiger partial charge in [0.15, 0.2) is 0 Å². The van der Waals surface area contributed by atoms with E-state index in [1.807, 2.05) is 0 Å². The Morgan fingerprint density at radius 1 is 0.800 bits per heavy atom. The summed E-state index contributed by atoms with van der Waals surface area (Å²) in [5.41, 5.74) is 2.59. The summed E-state index contributed by atoms with van der Waals surface area (Å²) in [6.45, 7) is 0. The van der Waals surface area contributed by atoms with E-state index < -0.39 is 17.7 Å². The van der Waals surface area contributed by atoms with Crippen LogP contribution in [0.1, 0.15) is 0 Å². The molecule has 2 radical (unpaired) electrons. The van der Waals surface area contributed by atoms with Crippen LogP contribution in [0, 0.1) is 11.1 Å². The summed E-state index contributed by atoms with van der Waals surface area (Å²) >= 11 is 11.5. The minimum atomic E-state index is -0.488. The van der Waals surface area contributed by atoms with E-state index in [2.05, 4.69) is 24.3 Å². The van der Waals surface area contributed by atoms with E-state index in [4.69, 9.17) is 22.2 Å². The number of hydrogen-bond acceptors (Lipinski definition) is 0. The SMILES string of the molecule is Cl[SiH2][C]1C=C[C]([SiH2]Cl)C=C1. The summed E-state index contributed by atoms with van der Waals surface area (Å²) in [4.78, 5) is 0. The Labute approximate surface area is 75.3 Å². The number of halogens is 2. The highest BCUT2D eigenvalue weighted by Crippen LogP contribution is 2.17. The Balaban J connectivity index is 2.45. The average molecular weight is 207 g/mol. The molecule has 0 atom stereocenters. The lowest BCUT2D eigenvalue weighted by Crippen LogP contribution is -2.04. The van der Waals surface area contributed by atoms with E-state index >= 15 is 0 Å². The van der Waals surface area contributed by atoms with Gasteiger partial charge in [-0.2, -0.15) is 22.2 Å². The van der Waals surface area contributed by atoms with E-state index in [1.54, 1.807) is 0 Å². The van der Waals surface area contributed by atoms with Crippen LogP contribution in [0.25, 0.3) is 0 Å². The fourth-order valence-corrected chi connectivity index (χ4v) is 2.61. The maximum Gasteiger partial charge on any atom is 0.139 e. The normalized spacial score (nSPS) is 22.6. The third kappa shape index (κ3) is 2.27. The van der Waals surface area contributed by atoms with Gasteiger partial charge in [-0.15, -0.1) is 0 Å². The molecule has 1 aliphatic rings. The molecule has 1 rings (SSSR count). The molecule has 0 nitrogen and oxygen atoms in total. The Kier molecular flexibility index (Phi) is 3.77. The van der Waals surface area contributed by atoms with Gasteiger partial charge in [0.25, 0.3) is 0 Å². The highest BCUT2D eigenvalue weighted by atomic mass is 35.6. The van der Waals surface area contributed by atoms with E-state index in [-0.39, 0.29) is 0 Å². The van der Waals surface area contributed by atoms with Crippen molar-refractivity contribution in [1.29, 1.82) is 0 Å². The molecule has 54 valence electrons. The summed E-state index contributed by atoms with van der Waals surface area (Å²) < 4.78 is 0. The Hall–Kier alpha value is 0.494. The van der Waals surface area contributed by atoms with Crippen molar-refractivity contribution in [2.45, 2.75) is 0 Å². The van der Waals surface area contributed by atoms with Crippen molar-refractivity contribution < 1.29 is 0 Å². The molecular formula is C6H8Cl2Si2. The van der Waals surface area contributed by atoms with Gasteiger partial charge in [-0.05, 0) is 0 Å². The third-order valence-corrected chi connectivity index (χ3v) is 4.74. The van der Waals surface area contributed by atoms with E-state index in [9.17, 15) is 0 Å². The van der Waals surface area contributed by atoms with Crippen LogP contribution in [0.2, 0.25) is 0 Å². The molecule has 0 saturated carbocycles. The van der Waals surface area contributed by atoms with Crippen LogP contribution < -0.4 is 0 Å². The molecule has 4 heteroatoms. The molecule has 1 aliphatic carbocycles. The van der Waals surface area contributed by atoms with E-state index in [0.717, 1.165) is 0 Å². The number of hydrogen-bond donors (Lipinski definition) is 0. The Morgan fingerprint density at radius 2 is 1.10 bits per heavy atom. The largest absolute Gasteiger partial charge is 0.175 e. The molecule has 0 amide bonds. The van der Waals surface area contributed by atoms with Crippen molar-refractivity contribution >= 4 is 39.8 Å². The van der Waals surface area contributed by atoms with Crippen LogP contribution in [-0.2, 0) is 0 Å². The zero-order valence-electron chi connectivity index (χ0n) is 5.48. The summed E-state index contributed by atoms with van der Waals surface area (Å²) in [5.74, 6) is 0. The number of allylic oxidation sites excluding steroid dienone is 4. The fraction of sp³-hybridized carbons (Fsp3) is 0. The van der Waals surface area contributed by atoms with Gasteiger partial charge in [0.1, 0.15) is 17.7 Å². The highest BCUT2D eigenvalue weighted by Gasteiger charge is 2.08. The molecular weight excluding hydrogens is 199 g/mol. The second kappa shape index (κ2) is 4.39. The van der Waals surface area contributed by atoms with Crippen LogP contribution in [0.4, 0.5) is 0 Å². The zero-order valence-corrected chi connectivity index (χ0v) is 9.82. The predicted molar refractivity (Wildman–Crippen MR) is 53.6 cm³/mol. The van der Waals surface area contributed by atoms with Crippen molar-refractivity contribution in [3.8, 4) is 0 Å². The first-order valence-corrected chi connectivity index (χ1v) is 8.75. The van der Waals surface area contributed by atoms with Crippen LogP contribution >= 0.6 is 22.2 Å². The summed E-state index contributed by atoms with van der Waals surface area (Å²) in [6.07, 6.45) is 8.35. The van der Waals surface area contributed by atoms with Crippen molar-refractivity contribution in [1.82, 2.24) is 0 Å². The van der Waals surface area contributed by atoms with Gasteiger partial charge in [0.2, 0.25) is 0 Å². The van der Waals surface area contributed by atoms with Gasteiger partial charge >= 0.3 is 0 Å². The minimum absolute atomic E-state index is 0.488. The highest BCUT2D eigenvalue weighted by molar-refractivity contribution is 6.98. The lowest BCUT2D eigenvalue weighted by atomic mass is 10.2. The quantitative estimate of drug-likeness (QED) is 0.464. The van der Waals surface area contributed by atoms with Gasteiger partial charge in [-0.25, -0.2) is 0 Å².